The molecule has 9 nitrogen and oxygen atoms in total. The van der Waals surface area contributed by atoms with Gasteiger partial charge in [0.2, 0.25) is 5.91 Å². The van der Waals surface area contributed by atoms with E-state index in [-0.39, 0.29) is 35.3 Å². The first kappa shape index (κ1) is 21.1. The zero-order valence-corrected chi connectivity index (χ0v) is 18.0. The number of fused-ring (bicyclic) bond motifs is 1. The molecule has 0 radical (unpaired) electrons. The van der Waals surface area contributed by atoms with Crippen LogP contribution >= 0.6 is 0 Å². The number of nitrogens with two attached hydrogens (primary N) is 1. The summed E-state index contributed by atoms with van der Waals surface area (Å²) in [5.74, 6) is -0.276. The van der Waals surface area contributed by atoms with E-state index in [1.807, 2.05) is 12.1 Å². The second kappa shape index (κ2) is 8.18. The number of nitrogens with zero attached hydrogens (tertiary/aromatic N) is 2. The van der Waals surface area contributed by atoms with Gasteiger partial charge in [0.25, 0.3) is 5.56 Å². The number of sulfone groups is 1. The van der Waals surface area contributed by atoms with E-state index in [1.54, 1.807) is 19.2 Å². The van der Waals surface area contributed by atoms with Crippen LogP contribution in [0.15, 0.2) is 40.2 Å². The van der Waals surface area contributed by atoms with Gasteiger partial charge < -0.3 is 20.6 Å². The van der Waals surface area contributed by atoms with Gasteiger partial charge in [0.05, 0.1) is 33.9 Å². The molecule has 1 fully saturated rings. The van der Waals surface area contributed by atoms with Crippen molar-refractivity contribution in [3.63, 3.8) is 0 Å². The van der Waals surface area contributed by atoms with Crippen LogP contribution in [0, 0.1) is 12.8 Å². The molecule has 4 N–H and O–H groups in total. The lowest BCUT2D eigenvalue weighted by molar-refractivity contribution is -0.121. The van der Waals surface area contributed by atoms with Gasteiger partial charge in [0.15, 0.2) is 9.84 Å². The van der Waals surface area contributed by atoms with Gasteiger partial charge in [-0.15, -0.1) is 0 Å². The Hall–Kier alpha value is -3.14. The Morgan fingerprint density at radius 3 is 2.81 bits per heavy atom. The van der Waals surface area contributed by atoms with Gasteiger partial charge in [-0.25, -0.2) is 13.4 Å². The van der Waals surface area contributed by atoms with E-state index >= 15 is 0 Å². The van der Waals surface area contributed by atoms with Crippen molar-refractivity contribution in [2.45, 2.75) is 44.2 Å². The summed E-state index contributed by atoms with van der Waals surface area (Å²) in [5.41, 5.74) is 7.64. The Labute approximate surface area is 179 Å². The summed E-state index contributed by atoms with van der Waals surface area (Å²) in [7, 11) is -3.65. The number of nitrogen functional groups attached to an aromatic ring is 1. The fourth-order valence-electron chi connectivity index (χ4n) is 3.73. The number of pyridine rings is 2. The summed E-state index contributed by atoms with van der Waals surface area (Å²) in [6.07, 6.45) is 4.57. The molecule has 1 saturated carbocycles. The van der Waals surface area contributed by atoms with Crippen LogP contribution in [-0.2, 0) is 27.7 Å². The first-order valence-corrected chi connectivity index (χ1v) is 11.8. The largest absolute Gasteiger partial charge is 0.393 e. The average molecular weight is 444 g/mol. The molecule has 0 atom stereocenters. The normalized spacial score (nSPS) is 14.5. The lowest BCUT2D eigenvalue weighted by Crippen LogP contribution is -2.35. The van der Waals surface area contributed by atoms with Crippen molar-refractivity contribution in [3.05, 3.63) is 52.2 Å². The molecule has 0 bridgehead atoms. The molecule has 4 rings (SSSR count). The minimum absolute atomic E-state index is 0.000926. The molecule has 1 amide bonds. The van der Waals surface area contributed by atoms with Crippen molar-refractivity contribution in [2.24, 2.45) is 5.92 Å². The maximum atomic E-state index is 12.7. The van der Waals surface area contributed by atoms with Crippen molar-refractivity contribution in [1.29, 1.82) is 0 Å². The monoisotopic (exact) mass is 443 g/mol. The van der Waals surface area contributed by atoms with Crippen molar-refractivity contribution >= 4 is 32.5 Å². The van der Waals surface area contributed by atoms with Crippen molar-refractivity contribution in [2.75, 3.05) is 11.5 Å². The number of amides is 1. The molecule has 0 aliphatic heterocycles. The maximum Gasteiger partial charge on any atom is 0.275 e. The highest BCUT2D eigenvalue weighted by molar-refractivity contribution is 7.91. The van der Waals surface area contributed by atoms with Gasteiger partial charge in [-0.1, -0.05) is 6.42 Å². The number of aryl methyl sites for hydroxylation is 1. The van der Waals surface area contributed by atoms with Crippen LogP contribution in [0.4, 0.5) is 5.69 Å². The summed E-state index contributed by atoms with van der Waals surface area (Å²) in [5, 5.41) is 2.73. The molecular formula is C21H25N5O4S. The van der Waals surface area contributed by atoms with Gasteiger partial charge in [-0.05, 0) is 49.9 Å². The topological polar surface area (TPSA) is 140 Å². The Bertz CT molecular complexity index is 1310. The Morgan fingerprint density at radius 2 is 2.10 bits per heavy atom. The first-order chi connectivity index (χ1) is 14.7. The molecule has 1 aliphatic rings. The van der Waals surface area contributed by atoms with Gasteiger partial charge >= 0.3 is 0 Å². The standard InChI is InChI=1S/C21H25N5O4S/c1-13-9-18(31(29,30)12-14-3-2-4-14)20(22)21(28)26(13)11-19(27)24-10-15-5-6-16-17(25-15)7-8-23-16/h5-9,14,23H,2-4,10-12,22H2,1H3,(H,24,27). The zero-order chi connectivity index (χ0) is 22.2. The lowest BCUT2D eigenvalue weighted by Gasteiger charge is -2.25. The number of rotatable bonds is 7. The smallest absolute Gasteiger partial charge is 0.275 e. The molecule has 0 spiro atoms. The number of hydrogen-bond acceptors (Lipinski definition) is 6. The minimum atomic E-state index is -3.65. The van der Waals surface area contributed by atoms with Crippen LogP contribution in [-0.4, -0.2) is 34.6 Å². The fourth-order valence-corrected chi connectivity index (χ4v) is 5.64. The molecular weight excluding hydrogens is 418 g/mol. The van der Waals surface area contributed by atoms with Gasteiger partial charge in [-0.2, -0.15) is 0 Å². The van der Waals surface area contributed by atoms with E-state index in [1.165, 1.54) is 10.6 Å². The van der Waals surface area contributed by atoms with Crippen LogP contribution in [0.5, 0.6) is 0 Å². The average Bonchev–Trinajstić information content (AvgIpc) is 3.17. The summed E-state index contributed by atoms with van der Waals surface area (Å²) in [6, 6.07) is 6.91. The van der Waals surface area contributed by atoms with Gasteiger partial charge in [0.1, 0.15) is 12.2 Å². The minimum Gasteiger partial charge on any atom is -0.393 e. The fraction of sp³-hybridized carbons (Fsp3) is 0.381. The second-order valence-electron chi connectivity index (χ2n) is 8.02. The number of anilines is 1. The number of aromatic nitrogens is 3. The molecule has 0 unspecified atom stereocenters. The van der Waals surface area contributed by atoms with Crippen LogP contribution in [0.25, 0.3) is 11.0 Å². The lowest BCUT2D eigenvalue weighted by atomic mass is 9.87. The Kier molecular flexibility index (Phi) is 5.57. The summed E-state index contributed by atoms with van der Waals surface area (Å²) < 4.78 is 26.6. The third kappa shape index (κ3) is 4.34. The van der Waals surface area contributed by atoms with E-state index in [4.69, 9.17) is 5.73 Å². The number of H-pyrrole nitrogens is 1. The number of aromatic amines is 1. The number of nitrogens with one attached hydrogen (secondary N) is 2. The van der Waals surface area contributed by atoms with Crippen LogP contribution in [0.1, 0.15) is 30.7 Å². The SMILES string of the molecule is Cc1cc(S(=O)(=O)CC2CCC2)c(N)c(=O)n1CC(=O)NCc1ccc2[nH]ccc2n1. The van der Waals surface area contributed by atoms with E-state index < -0.39 is 21.3 Å². The molecule has 3 heterocycles. The third-order valence-corrected chi connectivity index (χ3v) is 7.67. The maximum absolute atomic E-state index is 12.7. The number of carbonyl (C=O) groups is 1. The Morgan fingerprint density at radius 1 is 1.32 bits per heavy atom. The molecule has 164 valence electrons. The number of hydrogen-bond donors (Lipinski definition) is 3. The van der Waals surface area contributed by atoms with Gasteiger partial charge in [0, 0.05) is 11.9 Å². The van der Waals surface area contributed by atoms with Crippen LogP contribution in [0.3, 0.4) is 0 Å². The highest BCUT2D eigenvalue weighted by Gasteiger charge is 2.29. The van der Waals surface area contributed by atoms with E-state index in [9.17, 15) is 18.0 Å². The molecule has 3 aromatic heterocycles. The molecule has 0 aromatic carbocycles. The molecule has 1 aliphatic carbocycles. The summed E-state index contributed by atoms with van der Waals surface area (Å²) in [6.45, 7) is 1.54. The number of carbonyl (C=O) groups excluding carboxylic acids is 1. The molecule has 31 heavy (non-hydrogen) atoms. The highest BCUT2D eigenvalue weighted by atomic mass is 32.2. The van der Waals surface area contributed by atoms with Crippen LogP contribution in [0.2, 0.25) is 0 Å². The molecule has 0 saturated heterocycles. The third-order valence-electron chi connectivity index (χ3n) is 5.75. The highest BCUT2D eigenvalue weighted by Crippen LogP contribution is 2.30. The predicted molar refractivity (Wildman–Crippen MR) is 117 cm³/mol. The zero-order valence-electron chi connectivity index (χ0n) is 17.2. The molecule has 10 heteroatoms. The van der Waals surface area contributed by atoms with Crippen molar-refractivity contribution in [3.8, 4) is 0 Å². The van der Waals surface area contributed by atoms with E-state index in [2.05, 4.69) is 15.3 Å². The summed E-state index contributed by atoms with van der Waals surface area (Å²) >= 11 is 0. The predicted octanol–water partition coefficient (Wildman–Crippen LogP) is 1.51. The second-order valence-corrected chi connectivity index (χ2v) is 10.0. The van der Waals surface area contributed by atoms with Crippen LogP contribution < -0.4 is 16.6 Å². The van der Waals surface area contributed by atoms with Gasteiger partial charge in [-0.3, -0.25) is 9.59 Å². The Balaban J connectivity index is 1.48. The molecule has 3 aromatic rings. The summed E-state index contributed by atoms with van der Waals surface area (Å²) in [4.78, 5) is 32.5. The van der Waals surface area contributed by atoms with E-state index in [0.717, 1.165) is 30.3 Å². The van der Waals surface area contributed by atoms with E-state index in [0.29, 0.717) is 11.4 Å². The first-order valence-electron chi connectivity index (χ1n) is 10.2. The van der Waals surface area contributed by atoms with Crippen molar-refractivity contribution < 1.29 is 13.2 Å². The quantitative estimate of drug-likeness (QED) is 0.506. The van der Waals surface area contributed by atoms with Crippen molar-refractivity contribution in [1.82, 2.24) is 19.9 Å².